The molecule has 5 unspecified atom stereocenters. The molecule has 1 saturated carbocycles. The van der Waals surface area contributed by atoms with E-state index in [1.165, 1.54) is 19.5 Å². The fourth-order valence-corrected chi connectivity index (χ4v) is 5.79. The Labute approximate surface area is 156 Å². The number of nitrogens with zero attached hydrogens (tertiary/aromatic N) is 2. The van der Waals surface area contributed by atoms with Gasteiger partial charge in [0.05, 0.1) is 0 Å². The predicted octanol–water partition coefficient (Wildman–Crippen LogP) is 2.21. The fourth-order valence-electron chi connectivity index (χ4n) is 4.45. The van der Waals surface area contributed by atoms with Gasteiger partial charge in [0, 0.05) is 61.1 Å². The van der Waals surface area contributed by atoms with Gasteiger partial charge in [0.1, 0.15) is 0 Å². The van der Waals surface area contributed by atoms with Crippen LogP contribution in [0.3, 0.4) is 0 Å². The summed E-state index contributed by atoms with van der Waals surface area (Å²) in [5.41, 5.74) is 0. The molecule has 0 radical (unpaired) electrons. The molecule has 6 heteroatoms. The lowest BCUT2D eigenvalue weighted by Crippen LogP contribution is -2.49. The molecule has 1 aliphatic carbocycles. The molecule has 1 saturated heterocycles. The molecule has 2 N–H and O–H groups in total. The largest absolute Gasteiger partial charge is 0.355 e. The van der Waals surface area contributed by atoms with Gasteiger partial charge in [-0.1, -0.05) is 27.2 Å². The van der Waals surface area contributed by atoms with E-state index in [1.807, 2.05) is 14.0 Å². The van der Waals surface area contributed by atoms with Crippen LogP contribution < -0.4 is 10.6 Å². The lowest BCUT2D eigenvalue weighted by atomic mass is 9.92. The summed E-state index contributed by atoms with van der Waals surface area (Å²) in [4.78, 5) is 6.95. The quantitative estimate of drug-likeness (QED) is 0.556. The van der Waals surface area contributed by atoms with Crippen LogP contribution in [0.25, 0.3) is 0 Å². The molecular weight excluding hydrogens is 332 g/mol. The summed E-state index contributed by atoms with van der Waals surface area (Å²) in [6.07, 6.45) is 5.78. The minimum Gasteiger partial charge on any atom is -0.355 e. The highest BCUT2D eigenvalue weighted by Gasteiger charge is 2.26. The van der Waals surface area contributed by atoms with E-state index in [2.05, 4.69) is 34.4 Å². The van der Waals surface area contributed by atoms with Crippen molar-refractivity contribution in [2.45, 2.75) is 64.2 Å². The first-order chi connectivity index (χ1) is 12.0. The maximum absolute atomic E-state index is 12.1. The molecule has 2 fully saturated rings. The third-order valence-corrected chi connectivity index (χ3v) is 7.25. The van der Waals surface area contributed by atoms with Crippen molar-refractivity contribution in [3.05, 3.63) is 0 Å². The van der Waals surface area contributed by atoms with Gasteiger partial charge in [0.25, 0.3) is 0 Å². The van der Waals surface area contributed by atoms with Crippen molar-refractivity contribution in [3.8, 4) is 0 Å². The smallest absolute Gasteiger partial charge is 0.191 e. The predicted molar refractivity (Wildman–Crippen MR) is 109 cm³/mol. The first-order valence-corrected chi connectivity index (χ1v) is 11.5. The Balaban J connectivity index is 1.72. The van der Waals surface area contributed by atoms with Crippen molar-refractivity contribution < 1.29 is 4.21 Å². The van der Waals surface area contributed by atoms with Crippen LogP contribution in [0.15, 0.2) is 4.99 Å². The van der Waals surface area contributed by atoms with Crippen LogP contribution in [-0.4, -0.2) is 65.3 Å². The first kappa shape index (κ1) is 20.7. The number of piperidine rings is 1. The zero-order valence-electron chi connectivity index (χ0n) is 16.6. The number of likely N-dealkylation sites (tertiary alicyclic amines) is 1. The normalized spacial score (nSPS) is 33.0. The maximum Gasteiger partial charge on any atom is 0.191 e. The van der Waals surface area contributed by atoms with E-state index in [1.54, 1.807) is 0 Å². The molecule has 0 aromatic heterocycles. The summed E-state index contributed by atoms with van der Waals surface area (Å²) in [6.45, 7) is 11.2. The van der Waals surface area contributed by atoms with E-state index in [-0.39, 0.29) is 0 Å². The highest BCUT2D eigenvalue weighted by atomic mass is 32.2. The summed E-state index contributed by atoms with van der Waals surface area (Å²) in [6, 6.07) is 0.399. The monoisotopic (exact) mass is 370 g/mol. The molecule has 0 bridgehead atoms. The van der Waals surface area contributed by atoms with E-state index in [0.717, 1.165) is 62.3 Å². The molecule has 25 heavy (non-hydrogen) atoms. The Morgan fingerprint density at radius 3 is 2.56 bits per heavy atom. The zero-order valence-corrected chi connectivity index (χ0v) is 17.4. The maximum atomic E-state index is 12.1. The van der Waals surface area contributed by atoms with Gasteiger partial charge in [-0.3, -0.25) is 9.20 Å². The summed E-state index contributed by atoms with van der Waals surface area (Å²) in [7, 11) is 1.16. The van der Waals surface area contributed by atoms with Crippen molar-refractivity contribution in [3.63, 3.8) is 0 Å². The lowest BCUT2D eigenvalue weighted by Gasteiger charge is -2.35. The van der Waals surface area contributed by atoms with Crippen LogP contribution in [-0.2, 0) is 10.8 Å². The average Bonchev–Trinajstić information content (AvgIpc) is 2.59. The number of hydrogen-bond donors (Lipinski definition) is 2. The summed E-state index contributed by atoms with van der Waals surface area (Å²) >= 11 is 0. The molecule has 0 aromatic carbocycles. The van der Waals surface area contributed by atoms with Gasteiger partial charge in [0.2, 0.25) is 0 Å². The molecule has 0 aromatic rings. The van der Waals surface area contributed by atoms with Crippen molar-refractivity contribution in [2.75, 3.05) is 39.0 Å². The highest BCUT2D eigenvalue weighted by molar-refractivity contribution is 7.85. The van der Waals surface area contributed by atoms with Crippen molar-refractivity contribution in [1.82, 2.24) is 15.5 Å². The summed E-state index contributed by atoms with van der Waals surface area (Å²) in [5, 5.41) is 7.38. The number of hydrogen-bond acceptors (Lipinski definition) is 3. The highest BCUT2D eigenvalue weighted by Crippen LogP contribution is 2.23. The first-order valence-electron chi connectivity index (χ1n) is 10.1. The Morgan fingerprint density at radius 1 is 1.20 bits per heavy atom. The van der Waals surface area contributed by atoms with Crippen LogP contribution in [0.4, 0.5) is 0 Å². The Morgan fingerprint density at radius 2 is 1.92 bits per heavy atom. The number of rotatable bonds is 6. The Hall–Kier alpha value is -0.620. The second kappa shape index (κ2) is 10.5. The van der Waals surface area contributed by atoms with Gasteiger partial charge < -0.3 is 15.5 Å². The molecule has 146 valence electrons. The van der Waals surface area contributed by atoms with Gasteiger partial charge in [-0.05, 0) is 37.5 Å². The Bertz CT molecular complexity index is 447. The summed E-state index contributed by atoms with van der Waals surface area (Å²) < 4.78 is 12.1. The van der Waals surface area contributed by atoms with Crippen LogP contribution in [0.2, 0.25) is 0 Å². The van der Waals surface area contributed by atoms with Crippen molar-refractivity contribution in [2.24, 2.45) is 16.8 Å². The molecule has 5 nitrogen and oxygen atoms in total. The summed E-state index contributed by atoms with van der Waals surface area (Å²) in [5.74, 6) is 3.28. The number of aliphatic imine (C=N–C) groups is 1. The van der Waals surface area contributed by atoms with Crippen molar-refractivity contribution >= 4 is 16.8 Å². The molecule has 0 amide bonds. The topological polar surface area (TPSA) is 56.7 Å². The minimum atomic E-state index is -0.674. The standard InChI is InChI=1S/C19H38N4OS/c1-5-25(24)18-8-6-7-17(12-18)22-19(20-4)21-9-10-23-13-15(2)11-16(3)14-23/h15-18H,5-14H2,1-4H3,(H2,20,21,22). The van der Waals surface area contributed by atoms with Gasteiger partial charge >= 0.3 is 0 Å². The van der Waals surface area contributed by atoms with Gasteiger partial charge in [-0.2, -0.15) is 0 Å². The van der Waals surface area contributed by atoms with E-state index >= 15 is 0 Å². The van der Waals surface area contributed by atoms with E-state index in [4.69, 9.17) is 0 Å². The third-order valence-electron chi connectivity index (χ3n) is 5.51. The lowest BCUT2D eigenvalue weighted by molar-refractivity contribution is 0.143. The van der Waals surface area contributed by atoms with Crippen molar-refractivity contribution in [1.29, 1.82) is 0 Å². The fraction of sp³-hybridized carbons (Fsp3) is 0.947. The minimum absolute atomic E-state index is 0.352. The number of guanidine groups is 1. The molecule has 2 aliphatic rings. The second-order valence-electron chi connectivity index (χ2n) is 8.00. The molecule has 5 atom stereocenters. The van der Waals surface area contributed by atoms with Crippen LogP contribution in [0.5, 0.6) is 0 Å². The van der Waals surface area contributed by atoms with E-state index in [0.29, 0.717) is 11.3 Å². The number of nitrogens with one attached hydrogen (secondary N) is 2. The van der Waals surface area contributed by atoms with E-state index < -0.39 is 10.8 Å². The Kier molecular flexibility index (Phi) is 8.70. The molecule has 0 spiro atoms. The molecular formula is C19H38N4OS. The van der Waals surface area contributed by atoms with Crippen LogP contribution >= 0.6 is 0 Å². The molecule has 1 aliphatic heterocycles. The average molecular weight is 371 g/mol. The zero-order chi connectivity index (χ0) is 18.2. The molecule has 2 rings (SSSR count). The van der Waals surface area contributed by atoms with Gasteiger partial charge in [0.15, 0.2) is 5.96 Å². The molecule has 1 heterocycles. The second-order valence-corrected chi connectivity index (χ2v) is 10.0. The van der Waals surface area contributed by atoms with Crippen LogP contribution in [0.1, 0.15) is 52.9 Å². The van der Waals surface area contributed by atoms with E-state index in [9.17, 15) is 4.21 Å². The third kappa shape index (κ3) is 6.89. The van der Waals surface area contributed by atoms with Gasteiger partial charge in [-0.25, -0.2) is 0 Å². The SMILES string of the molecule is CCS(=O)C1CCCC(NC(=NC)NCCN2CC(C)CC(C)C2)C1. The van der Waals surface area contributed by atoms with Gasteiger partial charge in [-0.15, -0.1) is 0 Å². The van der Waals surface area contributed by atoms with Crippen LogP contribution in [0, 0.1) is 11.8 Å².